The number of carbonyl (C=O) groups excluding carboxylic acids is 1. The van der Waals surface area contributed by atoms with Crippen LogP contribution in [0.3, 0.4) is 0 Å². The number of hydrogen-bond donors (Lipinski definition) is 2. The van der Waals surface area contributed by atoms with Crippen LogP contribution in [0.4, 0.5) is 5.69 Å². The molecule has 0 amide bonds. The number of nitrogens with one attached hydrogen (secondary N) is 1. The molecule has 0 radical (unpaired) electrons. The van der Waals surface area contributed by atoms with Crippen LogP contribution in [0.25, 0.3) is 5.73 Å². The zero-order valence-corrected chi connectivity index (χ0v) is 11.6. The third kappa shape index (κ3) is 4.23. The monoisotopic (exact) mass is 233 g/mol. The minimum Gasteiger partial charge on any atom is -0.699 e. The van der Waals surface area contributed by atoms with Gasteiger partial charge in [-0.25, -0.2) is 4.79 Å². The van der Waals surface area contributed by atoms with Crippen LogP contribution in [-0.2, 0) is 4.74 Å². The van der Waals surface area contributed by atoms with E-state index in [2.05, 4.69) is 4.74 Å². The Hall–Kier alpha value is 0.111. The van der Waals surface area contributed by atoms with Gasteiger partial charge in [0.25, 0.3) is 0 Å². The molecule has 1 aromatic carbocycles. The maximum Gasteiger partial charge on any atom is 1.00 e. The molecule has 0 saturated carbocycles. The number of methoxy groups -OCH3 is 1. The standard InChI is InChI=1S/C8H9BNO4.K/c1-14-8(11)5-2-6(9(12)13)4-7(10)3-5;/h2-4,10,12-13H,1H3;/q-1;+1. The Balaban J connectivity index is 0.00000196. The molecule has 0 atom stereocenters. The Morgan fingerprint density at radius 1 is 1.40 bits per heavy atom. The Morgan fingerprint density at radius 2 is 2.00 bits per heavy atom. The van der Waals surface area contributed by atoms with Crippen LogP contribution >= 0.6 is 0 Å². The third-order valence-corrected chi connectivity index (χ3v) is 1.67. The molecule has 0 spiro atoms. The zero-order chi connectivity index (χ0) is 10.7. The van der Waals surface area contributed by atoms with Crippen molar-refractivity contribution < 1.29 is 71.0 Å². The minimum absolute atomic E-state index is 0. The molecule has 0 unspecified atom stereocenters. The number of benzene rings is 1. The second kappa shape index (κ2) is 6.64. The van der Waals surface area contributed by atoms with Crippen molar-refractivity contribution in [1.29, 1.82) is 0 Å². The molecule has 0 aliphatic carbocycles. The van der Waals surface area contributed by atoms with Crippen molar-refractivity contribution in [3.05, 3.63) is 29.5 Å². The topological polar surface area (TPSA) is 90.6 Å². The Labute approximate surface area is 130 Å². The van der Waals surface area contributed by atoms with E-state index in [4.69, 9.17) is 15.8 Å². The van der Waals surface area contributed by atoms with Crippen LogP contribution in [0.15, 0.2) is 18.2 Å². The predicted octanol–water partition coefficient (Wildman–Crippen LogP) is -3.16. The van der Waals surface area contributed by atoms with Gasteiger partial charge in [-0.05, 0) is 11.5 Å². The average molecular weight is 233 g/mol. The summed E-state index contributed by atoms with van der Waals surface area (Å²) < 4.78 is 4.44. The summed E-state index contributed by atoms with van der Waals surface area (Å²) >= 11 is 0. The van der Waals surface area contributed by atoms with Crippen molar-refractivity contribution in [2.24, 2.45) is 0 Å². The molecule has 0 bridgehead atoms. The average Bonchev–Trinajstić information content (AvgIpc) is 2.15. The summed E-state index contributed by atoms with van der Waals surface area (Å²) in [5.41, 5.74) is 7.56. The van der Waals surface area contributed by atoms with Gasteiger partial charge < -0.3 is 20.5 Å². The van der Waals surface area contributed by atoms with Crippen LogP contribution < -0.4 is 56.8 Å². The minimum atomic E-state index is -1.69. The summed E-state index contributed by atoms with van der Waals surface area (Å²) in [5, 5.41) is 17.7. The van der Waals surface area contributed by atoms with Gasteiger partial charge in [-0.1, -0.05) is 12.1 Å². The molecule has 0 heterocycles. The molecular weight excluding hydrogens is 224 g/mol. The first-order valence-corrected chi connectivity index (χ1v) is 3.85. The Kier molecular flexibility index (Phi) is 6.69. The largest absolute Gasteiger partial charge is 1.00 e. The van der Waals surface area contributed by atoms with E-state index in [0.717, 1.165) is 0 Å². The molecule has 0 saturated heterocycles. The summed E-state index contributed by atoms with van der Waals surface area (Å²) in [6.45, 7) is 0. The van der Waals surface area contributed by atoms with E-state index in [-0.39, 0.29) is 68.1 Å². The SMILES string of the molecule is COC(=O)c1cc([NH-])cc(B(O)O)c1.[K+]. The summed E-state index contributed by atoms with van der Waals surface area (Å²) in [6.07, 6.45) is 0. The second-order valence-corrected chi connectivity index (χ2v) is 2.71. The molecule has 0 aliphatic heterocycles. The Morgan fingerprint density at radius 3 is 2.47 bits per heavy atom. The fraction of sp³-hybridized carbons (Fsp3) is 0.125. The summed E-state index contributed by atoms with van der Waals surface area (Å²) in [6, 6.07) is 3.82. The molecule has 74 valence electrons. The van der Waals surface area contributed by atoms with Gasteiger partial charge in [-0.2, -0.15) is 0 Å². The van der Waals surface area contributed by atoms with Crippen molar-refractivity contribution in [2.75, 3.05) is 7.11 Å². The summed E-state index contributed by atoms with van der Waals surface area (Å²) in [7, 11) is -0.475. The maximum absolute atomic E-state index is 11.1. The van der Waals surface area contributed by atoms with E-state index in [1.807, 2.05) is 0 Å². The molecule has 7 heteroatoms. The number of esters is 1. The van der Waals surface area contributed by atoms with Gasteiger partial charge in [-0.3, -0.25) is 0 Å². The van der Waals surface area contributed by atoms with E-state index < -0.39 is 13.1 Å². The quantitative estimate of drug-likeness (QED) is 0.416. The summed E-state index contributed by atoms with van der Waals surface area (Å²) in [4.78, 5) is 11.1. The van der Waals surface area contributed by atoms with Crippen LogP contribution in [0.2, 0.25) is 0 Å². The van der Waals surface area contributed by atoms with Crippen molar-refractivity contribution >= 4 is 24.2 Å². The normalized spacial score (nSPS) is 9.00. The first kappa shape index (κ1) is 15.1. The second-order valence-electron chi connectivity index (χ2n) is 2.71. The third-order valence-electron chi connectivity index (χ3n) is 1.67. The fourth-order valence-corrected chi connectivity index (χ4v) is 1.04. The van der Waals surface area contributed by atoms with Gasteiger partial charge in [0.15, 0.2) is 0 Å². The predicted molar refractivity (Wildman–Crippen MR) is 51.6 cm³/mol. The molecule has 0 aliphatic rings. The van der Waals surface area contributed by atoms with Gasteiger partial charge in [0.2, 0.25) is 0 Å². The fourth-order valence-electron chi connectivity index (χ4n) is 1.04. The molecular formula is C8H9BKNO4. The number of rotatable bonds is 2. The summed E-state index contributed by atoms with van der Waals surface area (Å²) in [5.74, 6) is -0.610. The van der Waals surface area contributed by atoms with Crippen molar-refractivity contribution in [1.82, 2.24) is 0 Å². The number of carbonyl (C=O) groups is 1. The molecule has 0 fully saturated rings. The van der Waals surface area contributed by atoms with Gasteiger partial charge in [0.05, 0.1) is 12.7 Å². The Bertz CT molecular complexity index is 358. The van der Waals surface area contributed by atoms with Crippen LogP contribution in [0.5, 0.6) is 0 Å². The van der Waals surface area contributed by atoms with Crippen molar-refractivity contribution in [3.8, 4) is 0 Å². The van der Waals surface area contributed by atoms with E-state index in [1.54, 1.807) is 0 Å². The van der Waals surface area contributed by atoms with Gasteiger partial charge in [0, 0.05) is 0 Å². The van der Waals surface area contributed by atoms with Crippen molar-refractivity contribution in [3.63, 3.8) is 0 Å². The smallest absolute Gasteiger partial charge is 0.699 e. The number of ether oxygens (including phenoxy) is 1. The van der Waals surface area contributed by atoms with E-state index in [0.29, 0.717) is 0 Å². The van der Waals surface area contributed by atoms with E-state index in [9.17, 15) is 4.79 Å². The van der Waals surface area contributed by atoms with Crippen LogP contribution in [-0.4, -0.2) is 30.2 Å². The molecule has 15 heavy (non-hydrogen) atoms. The molecule has 5 nitrogen and oxygen atoms in total. The van der Waals surface area contributed by atoms with E-state index >= 15 is 0 Å². The molecule has 1 rings (SSSR count). The zero-order valence-electron chi connectivity index (χ0n) is 8.52. The van der Waals surface area contributed by atoms with Crippen molar-refractivity contribution in [2.45, 2.75) is 0 Å². The van der Waals surface area contributed by atoms with Gasteiger partial charge in [-0.15, -0.1) is 5.69 Å². The van der Waals surface area contributed by atoms with Gasteiger partial charge in [0.1, 0.15) is 0 Å². The van der Waals surface area contributed by atoms with Crippen LogP contribution in [0.1, 0.15) is 10.4 Å². The maximum atomic E-state index is 11.1. The first-order chi connectivity index (χ1) is 6.54. The number of hydrogen-bond acceptors (Lipinski definition) is 4. The van der Waals surface area contributed by atoms with Gasteiger partial charge >= 0.3 is 64.5 Å². The van der Waals surface area contributed by atoms with E-state index in [1.165, 1.54) is 25.3 Å². The van der Waals surface area contributed by atoms with Crippen LogP contribution in [0, 0.1) is 0 Å². The first-order valence-electron chi connectivity index (χ1n) is 3.85. The molecule has 0 aromatic heterocycles. The molecule has 1 aromatic rings. The molecule has 3 N–H and O–H groups in total.